The highest BCUT2D eigenvalue weighted by Gasteiger charge is 2.18. The summed E-state index contributed by atoms with van der Waals surface area (Å²) in [5, 5.41) is 41.6. The molecule has 0 saturated carbocycles. The van der Waals surface area contributed by atoms with Gasteiger partial charge in [-0.25, -0.2) is 5.10 Å². The van der Waals surface area contributed by atoms with E-state index in [1.165, 1.54) is 13.3 Å². The van der Waals surface area contributed by atoms with Crippen molar-refractivity contribution in [3.05, 3.63) is 27.8 Å². The van der Waals surface area contributed by atoms with E-state index in [-0.39, 0.29) is 42.3 Å². The molecule has 0 fully saturated rings. The van der Waals surface area contributed by atoms with E-state index in [0.717, 1.165) is 4.57 Å². The van der Waals surface area contributed by atoms with Gasteiger partial charge in [0.2, 0.25) is 5.88 Å². The van der Waals surface area contributed by atoms with Crippen LogP contribution in [0.15, 0.2) is 21.4 Å². The number of nitrogens with one attached hydrogen (secondary N) is 1. The first-order valence-electron chi connectivity index (χ1n) is 6.34. The first-order chi connectivity index (χ1) is 10.6. The van der Waals surface area contributed by atoms with Crippen molar-refractivity contribution in [3.63, 3.8) is 0 Å². The third-order valence-corrected chi connectivity index (χ3v) is 2.96. The molecule has 0 radical (unpaired) electrons. The van der Waals surface area contributed by atoms with Gasteiger partial charge in [-0.3, -0.25) is 9.36 Å². The van der Waals surface area contributed by atoms with Crippen LogP contribution in [0, 0.1) is 18.3 Å². The minimum atomic E-state index is -0.606. The van der Waals surface area contributed by atoms with Gasteiger partial charge >= 0.3 is 0 Å². The highest BCUT2D eigenvalue weighted by molar-refractivity contribution is 5.56. The fraction of sp³-hybridized carbons (Fsp3) is 0.333. The van der Waals surface area contributed by atoms with Crippen molar-refractivity contribution in [2.45, 2.75) is 19.9 Å². The van der Waals surface area contributed by atoms with E-state index in [2.05, 4.69) is 25.4 Å². The summed E-state index contributed by atoms with van der Waals surface area (Å²) in [6.45, 7) is 1.39. The first-order valence-corrected chi connectivity index (χ1v) is 6.34. The highest BCUT2D eigenvalue weighted by Crippen LogP contribution is 2.26. The summed E-state index contributed by atoms with van der Waals surface area (Å²) < 4.78 is 0.983. The molecule has 2 heterocycles. The van der Waals surface area contributed by atoms with Crippen LogP contribution < -0.4 is 5.56 Å². The predicted octanol–water partition coefficient (Wildman–Crippen LogP) is 0.650. The Morgan fingerprint density at radius 2 is 2.27 bits per heavy atom. The number of aromatic nitrogens is 4. The first kappa shape index (κ1) is 15.3. The lowest BCUT2D eigenvalue weighted by molar-refractivity contribution is 0.274. The molecule has 0 aliphatic heterocycles. The van der Waals surface area contributed by atoms with Gasteiger partial charge in [-0.05, 0) is 13.3 Å². The van der Waals surface area contributed by atoms with Crippen LogP contribution in [0.4, 0.5) is 11.6 Å². The number of rotatable bonds is 5. The number of pyridine rings is 1. The topological polar surface area (TPSA) is 153 Å². The van der Waals surface area contributed by atoms with E-state index in [0.29, 0.717) is 0 Å². The second-order valence-corrected chi connectivity index (χ2v) is 4.33. The summed E-state index contributed by atoms with van der Waals surface area (Å²) in [5.41, 5.74) is -0.535. The highest BCUT2D eigenvalue weighted by atomic mass is 16.3. The smallest absolute Gasteiger partial charge is 0.281 e. The molecule has 2 aromatic rings. The van der Waals surface area contributed by atoms with Crippen molar-refractivity contribution in [1.82, 2.24) is 19.7 Å². The second kappa shape index (κ2) is 6.59. The molecule has 0 aliphatic carbocycles. The fourth-order valence-electron chi connectivity index (χ4n) is 1.84. The van der Waals surface area contributed by atoms with Crippen LogP contribution in [0.2, 0.25) is 0 Å². The Bertz CT molecular complexity index is 787. The maximum Gasteiger partial charge on any atom is 0.281 e. The minimum Gasteiger partial charge on any atom is -0.493 e. The molecule has 0 aromatic carbocycles. The zero-order valence-corrected chi connectivity index (χ0v) is 11.7. The number of aliphatic hydroxyl groups excluding tert-OH is 1. The van der Waals surface area contributed by atoms with E-state index in [9.17, 15) is 9.90 Å². The molecule has 0 spiro atoms. The zero-order chi connectivity index (χ0) is 16.1. The summed E-state index contributed by atoms with van der Waals surface area (Å²) in [7, 11) is 0. The van der Waals surface area contributed by atoms with E-state index in [1.54, 1.807) is 0 Å². The Kier molecular flexibility index (Phi) is 4.60. The van der Waals surface area contributed by atoms with Crippen LogP contribution in [0.5, 0.6) is 5.88 Å². The predicted molar refractivity (Wildman–Crippen MR) is 74.1 cm³/mol. The summed E-state index contributed by atoms with van der Waals surface area (Å²) >= 11 is 0. The van der Waals surface area contributed by atoms with Crippen LogP contribution in [0.3, 0.4) is 0 Å². The number of aromatic hydroxyl groups is 1. The van der Waals surface area contributed by atoms with Gasteiger partial charge in [0.1, 0.15) is 18.0 Å². The lowest BCUT2D eigenvalue weighted by Crippen LogP contribution is -2.22. The molecular weight excluding hydrogens is 290 g/mol. The van der Waals surface area contributed by atoms with E-state index in [4.69, 9.17) is 10.4 Å². The largest absolute Gasteiger partial charge is 0.493 e. The molecule has 0 bridgehead atoms. The SMILES string of the molecule is Cc1c(C#N)c(O)n(CCCO)c(=O)c1N=Nc1ncn[nH]1. The molecule has 10 heteroatoms. The quantitative estimate of drug-likeness (QED) is 0.689. The summed E-state index contributed by atoms with van der Waals surface area (Å²) in [5.74, 6) is -0.343. The molecule has 114 valence electrons. The number of azo groups is 1. The van der Waals surface area contributed by atoms with E-state index < -0.39 is 11.4 Å². The van der Waals surface area contributed by atoms with Gasteiger partial charge in [-0.15, -0.1) is 10.2 Å². The number of hydrogen-bond acceptors (Lipinski definition) is 8. The van der Waals surface area contributed by atoms with Gasteiger partial charge in [-0.1, -0.05) is 0 Å². The van der Waals surface area contributed by atoms with E-state index in [1.807, 2.05) is 6.07 Å². The maximum atomic E-state index is 12.4. The van der Waals surface area contributed by atoms with Crippen LogP contribution in [0.25, 0.3) is 0 Å². The van der Waals surface area contributed by atoms with Crippen LogP contribution in [-0.4, -0.2) is 36.6 Å². The lowest BCUT2D eigenvalue weighted by Gasteiger charge is -2.12. The Morgan fingerprint density at radius 3 is 2.86 bits per heavy atom. The molecular formula is C12H13N7O3. The zero-order valence-electron chi connectivity index (χ0n) is 11.7. The third kappa shape index (κ3) is 2.84. The van der Waals surface area contributed by atoms with Crippen LogP contribution >= 0.6 is 0 Å². The van der Waals surface area contributed by atoms with Crippen molar-refractivity contribution in [3.8, 4) is 11.9 Å². The minimum absolute atomic E-state index is 0.0565. The molecule has 10 nitrogen and oxygen atoms in total. The normalized spacial score (nSPS) is 11.0. The fourth-order valence-corrected chi connectivity index (χ4v) is 1.84. The summed E-state index contributed by atoms with van der Waals surface area (Å²) in [6, 6.07) is 1.83. The Labute approximate surface area is 124 Å². The molecule has 2 aromatic heterocycles. The van der Waals surface area contributed by atoms with Gasteiger partial charge < -0.3 is 10.2 Å². The number of nitriles is 1. The molecule has 0 aliphatic rings. The van der Waals surface area contributed by atoms with Crippen molar-refractivity contribution in [1.29, 1.82) is 5.26 Å². The summed E-state index contributed by atoms with van der Waals surface area (Å²) in [6.07, 6.45) is 1.48. The van der Waals surface area contributed by atoms with Crippen molar-refractivity contribution in [2.75, 3.05) is 6.61 Å². The molecule has 0 atom stereocenters. The monoisotopic (exact) mass is 303 g/mol. The van der Waals surface area contributed by atoms with Crippen molar-refractivity contribution < 1.29 is 10.2 Å². The average molecular weight is 303 g/mol. The molecule has 0 saturated heterocycles. The third-order valence-electron chi connectivity index (χ3n) is 2.96. The van der Waals surface area contributed by atoms with Gasteiger partial charge in [-0.2, -0.15) is 15.3 Å². The number of aromatic amines is 1. The molecule has 22 heavy (non-hydrogen) atoms. The molecule has 0 amide bonds. The lowest BCUT2D eigenvalue weighted by atomic mass is 10.1. The molecule has 2 rings (SSSR count). The Hall–Kier alpha value is -3.06. The van der Waals surface area contributed by atoms with Crippen molar-refractivity contribution >= 4 is 11.6 Å². The second-order valence-electron chi connectivity index (χ2n) is 4.33. The standard InChI is InChI=1S/C12H13N7O3/c1-7-8(5-13)10(21)19(3-2-4-20)11(22)9(7)16-18-12-14-6-15-17-12/h6,20-21H,2-4H2,1H3,(H,14,15,17). The van der Waals surface area contributed by atoms with Gasteiger partial charge in [0.15, 0.2) is 5.69 Å². The Morgan fingerprint density at radius 1 is 1.50 bits per heavy atom. The van der Waals surface area contributed by atoms with Gasteiger partial charge in [0.25, 0.3) is 11.5 Å². The van der Waals surface area contributed by atoms with Crippen LogP contribution in [0.1, 0.15) is 17.5 Å². The van der Waals surface area contributed by atoms with Gasteiger partial charge in [0.05, 0.1) is 0 Å². The van der Waals surface area contributed by atoms with Crippen LogP contribution in [-0.2, 0) is 6.54 Å². The molecule has 0 unspecified atom stereocenters. The average Bonchev–Trinajstić information content (AvgIpc) is 3.01. The number of nitrogens with zero attached hydrogens (tertiary/aromatic N) is 6. The number of aliphatic hydroxyl groups is 1. The maximum absolute atomic E-state index is 12.4. The number of H-pyrrole nitrogens is 1. The molecule has 3 N–H and O–H groups in total. The van der Waals surface area contributed by atoms with Gasteiger partial charge in [0, 0.05) is 18.7 Å². The van der Waals surface area contributed by atoms with E-state index >= 15 is 0 Å². The Balaban J connectivity index is 2.57. The summed E-state index contributed by atoms with van der Waals surface area (Å²) in [4.78, 5) is 16.1. The number of hydrogen-bond donors (Lipinski definition) is 3. The van der Waals surface area contributed by atoms with Crippen molar-refractivity contribution in [2.24, 2.45) is 10.2 Å².